The van der Waals surface area contributed by atoms with E-state index in [2.05, 4.69) is 30.1 Å². The summed E-state index contributed by atoms with van der Waals surface area (Å²) in [4.78, 5) is 4.48. The first kappa shape index (κ1) is 14.1. The number of nitrogens with zero attached hydrogens (tertiary/aromatic N) is 2. The van der Waals surface area contributed by atoms with Crippen molar-refractivity contribution in [2.45, 2.75) is 38.6 Å². The van der Waals surface area contributed by atoms with Gasteiger partial charge < -0.3 is 15.0 Å². The molecule has 0 bridgehead atoms. The normalized spacial score (nSPS) is 19.1. The van der Waals surface area contributed by atoms with Crippen LogP contribution in [0.5, 0.6) is 5.75 Å². The van der Waals surface area contributed by atoms with Gasteiger partial charge in [-0.05, 0) is 30.4 Å². The summed E-state index contributed by atoms with van der Waals surface area (Å²) in [5, 5.41) is 4.10. The molecule has 3 rings (SSSR count). The van der Waals surface area contributed by atoms with E-state index in [0.29, 0.717) is 24.2 Å². The van der Waals surface area contributed by atoms with Crippen molar-refractivity contribution in [2.24, 2.45) is 11.7 Å². The standard InChI is InChI=1S/C16H21N3O2/c1-10(2)7-13(17)16-18-15(19-21-16)12-8-11-5-3-4-6-14(11)20-9-12/h3-6,10,12-13H,7-9,17H2,1-2H3. The van der Waals surface area contributed by atoms with Gasteiger partial charge in [-0.15, -0.1) is 0 Å². The zero-order valence-electron chi connectivity index (χ0n) is 12.5. The second-order valence-corrected chi connectivity index (χ2v) is 6.05. The Kier molecular flexibility index (Phi) is 3.92. The number of fused-ring (bicyclic) bond motifs is 1. The molecule has 2 N–H and O–H groups in total. The summed E-state index contributed by atoms with van der Waals surface area (Å²) in [6.45, 7) is 4.83. The molecule has 0 saturated heterocycles. The molecule has 5 heteroatoms. The highest BCUT2D eigenvalue weighted by Gasteiger charge is 2.26. The number of benzene rings is 1. The van der Waals surface area contributed by atoms with E-state index in [9.17, 15) is 0 Å². The fourth-order valence-electron chi connectivity index (χ4n) is 2.67. The zero-order valence-corrected chi connectivity index (χ0v) is 12.5. The quantitative estimate of drug-likeness (QED) is 0.936. The Morgan fingerprint density at radius 3 is 2.95 bits per heavy atom. The molecule has 0 aliphatic carbocycles. The van der Waals surface area contributed by atoms with Crippen molar-refractivity contribution in [3.8, 4) is 5.75 Å². The molecular formula is C16H21N3O2. The lowest BCUT2D eigenvalue weighted by atomic mass is 9.96. The topological polar surface area (TPSA) is 74.2 Å². The maximum atomic E-state index is 6.09. The van der Waals surface area contributed by atoms with E-state index in [-0.39, 0.29) is 12.0 Å². The zero-order chi connectivity index (χ0) is 14.8. The number of aromatic nitrogens is 2. The third-order valence-electron chi connectivity index (χ3n) is 3.74. The molecule has 1 aromatic heterocycles. The minimum Gasteiger partial charge on any atom is -0.493 e. The van der Waals surface area contributed by atoms with Crippen molar-refractivity contribution < 1.29 is 9.26 Å². The number of nitrogens with two attached hydrogens (primary N) is 1. The van der Waals surface area contributed by atoms with Crippen LogP contribution in [-0.2, 0) is 6.42 Å². The number of hydrogen-bond acceptors (Lipinski definition) is 5. The largest absolute Gasteiger partial charge is 0.493 e. The molecule has 0 amide bonds. The van der Waals surface area contributed by atoms with Crippen LogP contribution in [0.4, 0.5) is 0 Å². The fraction of sp³-hybridized carbons (Fsp3) is 0.500. The van der Waals surface area contributed by atoms with Gasteiger partial charge in [-0.2, -0.15) is 4.98 Å². The molecule has 0 saturated carbocycles. The summed E-state index contributed by atoms with van der Waals surface area (Å²) in [6.07, 6.45) is 1.71. The molecule has 2 aromatic rings. The van der Waals surface area contributed by atoms with Crippen LogP contribution in [0.2, 0.25) is 0 Å². The van der Waals surface area contributed by atoms with Gasteiger partial charge in [-0.25, -0.2) is 0 Å². The molecule has 5 nitrogen and oxygen atoms in total. The maximum absolute atomic E-state index is 6.09. The van der Waals surface area contributed by atoms with Crippen LogP contribution in [-0.4, -0.2) is 16.7 Å². The third-order valence-corrected chi connectivity index (χ3v) is 3.74. The van der Waals surface area contributed by atoms with Crippen LogP contribution in [0.3, 0.4) is 0 Å². The minimum absolute atomic E-state index is 0.128. The van der Waals surface area contributed by atoms with Crippen LogP contribution in [0, 0.1) is 5.92 Å². The van der Waals surface area contributed by atoms with Crippen molar-refractivity contribution in [2.75, 3.05) is 6.61 Å². The minimum atomic E-state index is -0.192. The summed E-state index contributed by atoms with van der Waals surface area (Å²) in [6, 6.07) is 7.88. The summed E-state index contributed by atoms with van der Waals surface area (Å²) in [5.74, 6) is 2.80. The van der Waals surface area contributed by atoms with Crippen LogP contribution in [0.15, 0.2) is 28.8 Å². The van der Waals surface area contributed by atoms with E-state index >= 15 is 0 Å². The highest BCUT2D eigenvalue weighted by Crippen LogP contribution is 2.31. The predicted molar refractivity (Wildman–Crippen MR) is 79.1 cm³/mol. The van der Waals surface area contributed by atoms with Gasteiger partial charge in [0.15, 0.2) is 5.82 Å². The molecular weight excluding hydrogens is 266 g/mol. The Morgan fingerprint density at radius 1 is 1.33 bits per heavy atom. The highest BCUT2D eigenvalue weighted by molar-refractivity contribution is 5.36. The molecule has 2 atom stereocenters. The Hall–Kier alpha value is -1.88. The molecule has 1 aliphatic rings. The van der Waals surface area contributed by atoms with Gasteiger partial charge in [0.1, 0.15) is 5.75 Å². The lowest BCUT2D eigenvalue weighted by molar-refractivity contribution is 0.253. The van der Waals surface area contributed by atoms with E-state index in [0.717, 1.165) is 18.6 Å². The monoisotopic (exact) mass is 287 g/mol. The fourth-order valence-corrected chi connectivity index (χ4v) is 2.67. The molecule has 1 aromatic carbocycles. The van der Waals surface area contributed by atoms with Gasteiger partial charge >= 0.3 is 0 Å². The Labute approximate surface area is 124 Å². The third kappa shape index (κ3) is 3.08. The molecule has 2 heterocycles. The molecule has 0 fully saturated rings. The van der Waals surface area contributed by atoms with Crippen LogP contribution in [0.25, 0.3) is 0 Å². The van der Waals surface area contributed by atoms with Crippen molar-refractivity contribution in [3.63, 3.8) is 0 Å². The van der Waals surface area contributed by atoms with Gasteiger partial charge in [-0.1, -0.05) is 37.2 Å². The van der Waals surface area contributed by atoms with E-state index in [1.807, 2.05) is 18.2 Å². The molecule has 0 spiro atoms. The van der Waals surface area contributed by atoms with E-state index in [4.69, 9.17) is 15.0 Å². The molecule has 21 heavy (non-hydrogen) atoms. The first-order chi connectivity index (χ1) is 10.1. The van der Waals surface area contributed by atoms with E-state index in [1.165, 1.54) is 5.56 Å². The number of rotatable bonds is 4. The van der Waals surface area contributed by atoms with Gasteiger partial charge in [0.05, 0.1) is 18.6 Å². The molecule has 1 aliphatic heterocycles. The SMILES string of the molecule is CC(C)CC(N)c1nc(C2COc3ccccc3C2)no1. The van der Waals surface area contributed by atoms with E-state index in [1.54, 1.807) is 0 Å². The predicted octanol–water partition coefficient (Wildman–Crippen LogP) is 2.83. The second-order valence-electron chi connectivity index (χ2n) is 6.05. The highest BCUT2D eigenvalue weighted by atomic mass is 16.5. The van der Waals surface area contributed by atoms with Crippen LogP contribution < -0.4 is 10.5 Å². The summed E-state index contributed by atoms with van der Waals surface area (Å²) >= 11 is 0. The van der Waals surface area contributed by atoms with Crippen LogP contribution in [0.1, 0.15) is 49.5 Å². The average Bonchev–Trinajstić information content (AvgIpc) is 2.96. The Bertz CT molecular complexity index is 609. The number of para-hydroxylation sites is 1. The van der Waals surface area contributed by atoms with Gasteiger partial charge in [0, 0.05) is 0 Å². The van der Waals surface area contributed by atoms with Gasteiger partial charge in [-0.3, -0.25) is 0 Å². The van der Waals surface area contributed by atoms with E-state index < -0.39 is 0 Å². The van der Waals surface area contributed by atoms with Crippen molar-refractivity contribution >= 4 is 0 Å². The first-order valence-corrected chi connectivity index (χ1v) is 7.43. The molecule has 2 unspecified atom stereocenters. The van der Waals surface area contributed by atoms with Crippen molar-refractivity contribution in [1.82, 2.24) is 10.1 Å². The van der Waals surface area contributed by atoms with Crippen molar-refractivity contribution in [3.05, 3.63) is 41.5 Å². The number of hydrogen-bond donors (Lipinski definition) is 1. The molecule has 0 radical (unpaired) electrons. The second kappa shape index (κ2) is 5.85. The van der Waals surface area contributed by atoms with Crippen LogP contribution >= 0.6 is 0 Å². The number of ether oxygens (including phenoxy) is 1. The average molecular weight is 287 g/mol. The van der Waals surface area contributed by atoms with Gasteiger partial charge in [0.2, 0.25) is 5.89 Å². The summed E-state index contributed by atoms with van der Waals surface area (Å²) in [5.41, 5.74) is 7.27. The summed E-state index contributed by atoms with van der Waals surface area (Å²) < 4.78 is 11.1. The molecule has 112 valence electrons. The lowest BCUT2D eigenvalue weighted by Gasteiger charge is -2.22. The van der Waals surface area contributed by atoms with Gasteiger partial charge in [0.25, 0.3) is 0 Å². The summed E-state index contributed by atoms with van der Waals surface area (Å²) in [7, 11) is 0. The Balaban J connectivity index is 1.73. The lowest BCUT2D eigenvalue weighted by Crippen LogP contribution is -2.20. The first-order valence-electron chi connectivity index (χ1n) is 7.43. The smallest absolute Gasteiger partial charge is 0.243 e. The maximum Gasteiger partial charge on any atom is 0.243 e. The Morgan fingerprint density at radius 2 is 2.14 bits per heavy atom. The van der Waals surface area contributed by atoms with Crippen molar-refractivity contribution in [1.29, 1.82) is 0 Å².